The Morgan fingerprint density at radius 1 is 1.17 bits per heavy atom. The zero-order valence-electron chi connectivity index (χ0n) is 18.3. The zero-order valence-corrected chi connectivity index (χ0v) is 19.2. The van der Waals surface area contributed by atoms with Crippen molar-refractivity contribution < 1.29 is 10.2 Å². The Bertz CT molecular complexity index is 849. The second-order valence-electron chi connectivity index (χ2n) is 9.11. The largest absolute Gasteiger partial charge is 0.395 e. The van der Waals surface area contributed by atoms with Gasteiger partial charge in [-0.25, -0.2) is 9.97 Å². The fraction of sp³-hybridized carbons (Fsp3) is 0.727. The summed E-state index contributed by atoms with van der Waals surface area (Å²) in [5.74, 6) is 1.27. The maximum atomic E-state index is 10.6. The van der Waals surface area contributed by atoms with Crippen LogP contribution in [0, 0.1) is 0 Å². The van der Waals surface area contributed by atoms with Crippen LogP contribution in [0.4, 0.5) is 5.82 Å². The molecule has 8 heteroatoms. The molecule has 0 amide bonds. The van der Waals surface area contributed by atoms with Crippen LogP contribution in [0.3, 0.4) is 0 Å². The third-order valence-electron chi connectivity index (χ3n) is 6.95. The SMILES string of the molecule is CN(C)C1CCC(Nc2ncnc3sc4c(c23)C(CC(O)N(C)CCO)CC4)CC1. The van der Waals surface area contributed by atoms with Crippen LogP contribution in [0.2, 0.25) is 0 Å². The molecule has 0 aliphatic heterocycles. The predicted molar refractivity (Wildman–Crippen MR) is 122 cm³/mol. The van der Waals surface area contributed by atoms with Gasteiger partial charge in [-0.3, -0.25) is 4.90 Å². The van der Waals surface area contributed by atoms with Gasteiger partial charge in [0.1, 0.15) is 23.2 Å². The maximum Gasteiger partial charge on any atom is 0.138 e. The van der Waals surface area contributed by atoms with E-state index in [0.29, 0.717) is 31.0 Å². The summed E-state index contributed by atoms with van der Waals surface area (Å²) in [6.07, 6.45) is 8.67. The van der Waals surface area contributed by atoms with E-state index in [9.17, 15) is 10.2 Å². The third-order valence-corrected chi connectivity index (χ3v) is 8.13. The fourth-order valence-electron chi connectivity index (χ4n) is 5.08. The summed E-state index contributed by atoms with van der Waals surface area (Å²) in [4.78, 5) is 15.8. The molecule has 1 saturated carbocycles. The van der Waals surface area contributed by atoms with Gasteiger partial charge in [-0.15, -0.1) is 11.3 Å². The number of fused-ring (bicyclic) bond motifs is 3. The molecule has 2 heterocycles. The van der Waals surface area contributed by atoms with Gasteiger partial charge in [0.2, 0.25) is 0 Å². The maximum absolute atomic E-state index is 10.6. The first kappa shape index (κ1) is 21.9. The van der Waals surface area contributed by atoms with E-state index < -0.39 is 6.23 Å². The number of nitrogens with zero attached hydrogens (tertiary/aromatic N) is 4. The second kappa shape index (κ2) is 9.44. The van der Waals surface area contributed by atoms with E-state index in [-0.39, 0.29) is 6.61 Å². The van der Waals surface area contributed by atoms with Crippen molar-refractivity contribution in [2.45, 2.75) is 69.2 Å². The highest BCUT2D eigenvalue weighted by Gasteiger charge is 2.32. The summed E-state index contributed by atoms with van der Waals surface area (Å²) < 4.78 is 0. The van der Waals surface area contributed by atoms with E-state index in [1.54, 1.807) is 17.7 Å². The lowest BCUT2D eigenvalue weighted by atomic mass is 9.90. The van der Waals surface area contributed by atoms with Crippen molar-refractivity contribution in [2.24, 2.45) is 0 Å². The van der Waals surface area contributed by atoms with Crippen molar-refractivity contribution in [1.29, 1.82) is 0 Å². The molecule has 2 atom stereocenters. The molecule has 2 aromatic rings. The smallest absolute Gasteiger partial charge is 0.138 e. The quantitative estimate of drug-likeness (QED) is 0.552. The molecular weight excluding hydrogens is 398 g/mol. The molecule has 30 heavy (non-hydrogen) atoms. The van der Waals surface area contributed by atoms with E-state index in [2.05, 4.69) is 34.3 Å². The highest BCUT2D eigenvalue weighted by molar-refractivity contribution is 7.19. The monoisotopic (exact) mass is 433 g/mol. The van der Waals surface area contributed by atoms with Gasteiger partial charge in [0.25, 0.3) is 0 Å². The summed E-state index contributed by atoms with van der Waals surface area (Å²) in [5, 5.41) is 24.7. The Labute approximate surface area is 183 Å². The normalized spacial score (nSPS) is 25.2. The fourth-order valence-corrected chi connectivity index (χ4v) is 6.32. The number of aliphatic hydroxyl groups excluding tert-OH is 2. The van der Waals surface area contributed by atoms with Crippen LogP contribution >= 0.6 is 11.3 Å². The number of aryl methyl sites for hydroxylation is 1. The lowest BCUT2D eigenvalue weighted by molar-refractivity contribution is 0.00192. The number of aromatic nitrogens is 2. The third kappa shape index (κ3) is 4.48. The topological polar surface area (TPSA) is 84.8 Å². The number of nitrogens with one attached hydrogen (secondary N) is 1. The molecule has 166 valence electrons. The highest BCUT2D eigenvalue weighted by Crippen LogP contribution is 2.47. The lowest BCUT2D eigenvalue weighted by Crippen LogP contribution is -2.36. The van der Waals surface area contributed by atoms with Crippen LogP contribution in [-0.4, -0.2) is 82.6 Å². The lowest BCUT2D eigenvalue weighted by Gasteiger charge is -2.33. The van der Waals surface area contributed by atoms with Crippen LogP contribution in [-0.2, 0) is 6.42 Å². The predicted octanol–water partition coefficient (Wildman–Crippen LogP) is 2.64. The number of hydrogen-bond acceptors (Lipinski definition) is 8. The van der Waals surface area contributed by atoms with Gasteiger partial charge >= 0.3 is 0 Å². The standard InChI is InChI=1S/C22H35N5O2S/c1-26(2)16-7-5-15(6-8-16)25-21-20-19-14(12-18(29)27(3)10-11-28)4-9-17(19)30-22(20)24-13-23-21/h13-16,18,28-29H,4-12H2,1-3H3,(H,23,24,25). The average Bonchev–Trinajstić information content (AvgIpc) is 3.28. The first-order chi connectivity index (χ1) is 14.5. The molecule has 4 rings (SSSR count). The van der Waals surface area contributed by atoms with Crippen LogP contribution in [0.15, 0.2) is 6.33 Å². The van der Waals surface area contributed by atoms with Crippen molar-refractivity contribution in [3.05, 3.63) is 16.8 Å². The van der Waals surface area contributed by atoms with E-state index in [4.69, 9.17) is 0 Å². The summed E-state index contributed by atoms with van der Waals surface area (Å²) >= 11 is 1.78. The number of hydrogen-bond donors (Lipinski definition) is 3. The molecule has 0 saturated heterocycles. The molecule has 0 radical (unpaired) electrons. The molecule has 0 aromatic carbocycles. The second-order valence-corrected chi connectivity index (χ2v) is 10.2. The first-order valence-corrected chi connectivity index (χ1v) is 12.0. The van der Waals surface area contributed by atoms with Gasteiger partial charge in [0.15, 0.2) is 0 Å². The van der Waals surface area contributed by atoms with Crippen LogP contribution in [0.1, 0.15) is 54.9 Å². The molecule has 3 N–H and O–H groups in total. The molecule has 2 aliphatic rings. The summed E-state index contributed by atoms with van der Waals surface area (Å²) in [6, 6.07) is 1.14. The molecule has 1 fully saturated rings. The molecule has 7 nitrogen and oxygen atoms in total. The number of thiophene rings is 1. The Hall–Kier alpha value is -1.32. The molecule has 0 spiro atoms. The Kier molecular flexibility index (Phi) is 6.89. The Balaban J connectivity index is 1.54. The number of anilines is 1. The molecule has 0 bridgehead atoms. The van der Waals surface area contributed by atoms with E-state index >= 15 is 0 Å². The van der Waals surface area contributed by atoms with Crippen LogP contribution < -0.4 is 5.32 Å². The number of rotatable bonds is 8. The number of aliphatic hydroxyl groups is 2. The zero-order chi connectivity index (χ0) is 21.3. The summed E-state index contributed by atoms with van der Waals surface area (Å²) in [7, 11) is 6.21. The summed E-state index contributed by atoms with van der Waals surface area (Å²) in [5.41, 5.74) is 1.34. The summed E-state index contributed by atoms with van der Waals surface area (Å²) in [6.45, 7) is 0.541. The van der Waals surface area contributed by atoms with Gasteiger partial charge in [-0.2, -0.15) is 0 Å². The van der Waals surface area contributed by atoms with Gasteiger partial charge in [-0.1, -0.05) is 0 Å². The van der Waals surface area contributed by atoms with E-state index in [1.807, 2.05) is 11.9 Å². The van der Waals surface area contributed by atoms with Crippen LogP contribution in [0.5, 0.6) is 0 Å². The minimum Gasteiger partial charge on any atom is -0.395 e. The van der Waals surface area contributed by atoms with Gasteiger partial charge in [0, 0.05) is 23.5 Å². The molecule has 2 aromatic heterocycles. The van der Waals surface area contributed by atoms with Crippen molar-refractivity contribution >= 4 is 27.4 Å². The minimum absolute atomic E-state index is 0.0584. The van der Waals surface area contributed by atoms with Crippen LogP contribution in [0.25, 0.3) is 10.2 Å². The molecule has 2 aliphatic carbocycles. The first-order valence-electron chi connectivity index (χ1n) is 11.2. The van der Waals surface area contributed by atoms with Crippen molar-refractivity contribution in [2.75, 3.05) is 39.6 Å². The minimum atomic E-state index is -0.551. The van der Waals surface area contributed by atoms with Crippen molar-refractivity contribution in [3.8, 4) is 0 Å². The van der Waals surface area contributed by atoms with E-state index in [1.165, 1.54) is 28.7 Å². The van der Waals surface area contributed by atoms with Crippen molar-refractivity contribution in [1.82, 2.24) is 19.8 Å². The Morgan fingerprint density at radius 3 is 2.63 bits per heavy atom. The Morgan fingerprint density at radius 2 is 1.93 bits per heavy atom. The van der Waals surface area contributed by atoms with E-state index in [0.717, 1.165) is 36.3 Å². The number of likely N-dealkylation sites (N-methyl/N-ethyl adjacent to an activating group) is 1. The van der Waals surface area contributed by atoms with Gasteiger partial charge < -0.3 is 20.4 Å². The highest BCUT2D eigenvalue weighted by atomic mass is 32.1. The molecule has 2 unspecified atom stereocenters. The molecular formula is C22H35N5O2S. The average molecular weight is 434 g/mol. The van der Waals surface area contributed by atoms with Crippen molar-refractivity contribution in [3.63, 3.8) is 0 Å². The van der Waals surface area contributed by atoms with Gasteiger partial charge in [-0.05, 0) is 77.6 Å². The van der Waals surface area contributed by atoms with Gasteiger partial charge in [0.05, 0.1) is 12.0 Å².